The van der Waals surface area contributed by atoms with E-state index in [1.165, 1.54) is 6.26 Å². The molecule has 0 aromatic heterocycles. The van der Waals surface area contributed by atoms with Gasteiger partial charge < -0.3 is 14.9 Å². The van der Waals surface area contributed by atoms with Gasteiger partial charge in [-0.3, -0.25) is 4.79 Å². The third-order valence-electron chi connectivity index (χ3n) is 3.81. The molecule has 1 aliphatic carbocycles. The molecule has 0 aliphatic heterocycles. The summed E-state index contributed by atoms with van der Waals surface area (Å²) in [7, 11) is 0. The van der Waals surface area contributed by atoms with Crippen LogP contribution in [0.3, 0.4) is 0 Å². The average molecular weight is 254 g/mol. The second-order valence-corrected chi connectivity index (χ2v) is 5.21. The minimum absolute atomic E-state index is 0.0451. The Kier molecular flexibility index (Phi) is 4.96. The Bertz CT molecular complexity index is 337. The fraction of sp³-hybridized carbons (Fsp3) is 0.643. The monoisotopic (exact) mass is 254 g/mol. The lowest BCUT2D eigenvalue weighted by atomic mass is 9.70. The van der Waals surface area contributed by atoms with Crippen LogP contribution in [0.5, 0.6) is 0 Å². The number of carbonyl (C=O) groups is 1. The quantitative estimate of drug-likeness (QED) is 0.540. The molecule has 0 heterocycles. The Morgan fingerprint density at radius 1 is 1.67 bits per heavy atom. The van der Waals surface area contributed by atoms with E-state index in [0.29, 0.717) is 6.42 Å². The van der Waals surface area contributed by atoms with Crippen LogP contribution in [-0.4, -0.2) is 28.9 Å². The molecule has 4 atom stereocenters. The molecule has 102 valence electrons. The van der Waals surface area contributed by atoms with Crippen LogP contribution in [0.15, 0.2) is 25.0 Å². The summed E-state index contributed by atoms with van der Waals surface area (Å²) in [5.41, 5.74) is -0.256. The molecule has 2 N–H and O–H groups in total. The Morgan fingerprint density at radius 3 is 2.83 bits per heavy atom. The molecule has 0 radical (unpaired) electrons. The smallest absolute Gasteiger partial charge is 0.303 e. The SMILES string of the molecule is C=CO[C@H]1C=C[C@](C)(CCC(=O)O)[C@H]1[C@H](C)CO. The number of allylic oxidation sites excluding steroid dienone is 1. The fourth-order valence-electron chi connectivity index (χ4n) is 2.88. The van der Waals surface area contributed by atoms with E-state index in [9.17, 15) is 9.90 Å². The number of hydrogen-bond donors (Lipinski definition) is 2. The van der Waals surface area contributed by atoms with Crippen molar-refractivity contribution in [2.45, 2.75) is 32.8 Å². The molecule has 4 heteroatoms. The zero-order chi connectivity index (χ0) is 13.8. The Labute approximate surface area is 108 Å². The summed E-state index contributed by atoms with van der Waals surface area (Å²) in [6, 6.07) is 0. The standard InChI is InChI=1S/C14H22O4/c1-4-18-11-5-7-14(3,8-6-12(16)17)13(11)10(2)9-15/h4-5,7,10-11,13,15H,1,6,8-9H2,2-3H3,(H,16,17)/t10-,11+,13+,14-/m1/s1. The van der Waals surface area contributed by atoms with Crippen molar-refractivity contribution in [3.8, 4) is 0 Å². The van der Waals surface area contributed by atoms with E-state index in [0.717, 1.165) is 0 Å². The van der Waals surface area contributed by atoms with Crippen molar-refractivity contribution in [1.29, 1.82) is 0 Å². The summed E-state index contributed by atoms with van der Waals surface area (Å²) in [6.07, 6.45) is 5.89. The number of ether oxygens (including phenoxy) is 1. The van der Waals surface area contributed by atoms with Crippen molar-refractivity contribution in [3.63, 3.8) is 0 Å². The molecule has 0 unspecified atom stereocenters. The molecule has 0 saturated heterocycles. The number of aliphatic carboxylic acids is 1. The Hall–Kier alpha value is -1.29. The first-order valence-corrected chi connectivity index (χ1v) is 6.23. The van der Waals surface area contributed by atoms with Gasteiger partial charge in [0.05, 0.1) is 6.26 Å². The van der Waals surface area contributed by atoms with Gasteiger partial charge in [-0.1, -0.05) is 26.5 Å². The van der Waals surface area contributed by atoms with E-state index in [-0.39, 0.29) is 36.4 Å². The number of aliphatic hydroxyl groups excluding tert-OH is 1. The summed E-state index contributed by atoms with van der Waals surface area (Å²) < 4.78 is 5.46. The van der Waals surface area contributed by atoms with Gasteiger partial charge in [0.2, 0.25) is 0 Å². The summed E-state index contributed by atoms with van der Waals surface area (Å²) in [6.45, 7) is 7.59. The van der Waals surface area contributed by atoms with Gasteiger partial charge in [-0.05, 0) is 23.8 Å². The highest BCUT2D eigenvalue weighted by atomic mass is 16.5. The highest BCUT2D eigenvalue weighted by Crippen LogP contribution is 2.46. The minimum atomic E-state index is -0.798. The molecule has 0 saturated carbocycles. The summed E-state index contributed by atoms with van der Waals surface area (Å²) in [5.74, 6) is -0.684. The van der Waals surface area contributed by atoms with Crippen LogP contribution in [0.1, 0.15) is 26.7 Å². The van der Waals surface area contributed by atoms with Crippen molar-refractivity contribution in [2.75, 3.05) is 6.61 Å². The predicted molar refractivity (Wildman–Crippen MR) is 68.9 cm³/mol. The van der Waals surface area contributed by atoms with E-state index in [1.54, 1.807) is 0 Å². The predicted octanol–water partition coefficient (Wildman–Crippen LogP) is 2.20. The lowest BCUT2D eigenvalue weighted by Crippen LogP contribution is -2.36. The first-order valence-electron chi connectivity index (χ1n) is 6.23. The number of carboxylic acid groups (broad SMARTS) is 1. The minimum Gasteiger partial charge on any atom is -0.494 e. The fourth-order valence-corrected chi connectivity index (χ4v) is 2.88. The number of aliphatic hydroxyl groups is 1. The van der Waals surface area contributed by atoms with Crippen molar-refractivity contribution in [3.05, 3.63) is 25.0 Å². The summed E-state index contributed by atoms with van der Waals surface area (Å²) in [4.78, 5) is 10.7. The molecule has 0 spiro atoms. The summed E-state index contributed by atoms with van der Waals surface area (Å²) in [5, 5.41) is 18.2. The van der Waals surface area contributed by atoms with Gasteiger partial charge in [0.15, 0.2) is 0 Å². The first kappa shape index (κ1) is 14.8. The van der Waals surface area contributed by atoms with Crippen molar-refractivity contribution in [2.24, 2.45) is 17.3 Å². The van der Waals surface area contributed by atoms with E-state index in [2.05, 4.69) is 6.58 Å². The number of hydrogen-bond acceptors (Lipinski definition) is 3. The number of rotatable bonds is 7. The highest BCUT2D eigenvalue weighted by molar-refractivity contribution is 5.66. The third-order valence-corrected chi connectivity index (χ3v) is 3.81. The first-order chi connectivity index (χ1) is 8.44. The zero-order valence-corrected chi connectivity index (χ0v) is 11.0. The lowest BCUT2D eigenvalue weighted by molar-refractivity contribution is -0.137. The number of carboxylic acids is 1. The zero-order valence-electron chi connectivity index (χ0n) is 11.0. The Balaban J connectivity index is 2.85. The normalized spacial score (nSPS) is 32.2. The average Bonchev–Trinajstić information content (AvgIpc) is 2.65. The van der Waals surface area contributed by atoms with Gasteiger partial charge in [0.25, 0.3) is 0 Å². The molecule has 18 heavy (non-hydrogen) atoms. The van der Waals surface area contributed by atoms with Crippen molar-refractivity contribution in [1.82, 2.24) is 0 Å². The molecular formula is C14H22O4. The van der Waals surface area contributed by atoms with E-state index in [4.69, 9.17) is 9.84 Å². The van der Waals surface area contributed by atoms with Gasteiger partial charge >= 0.3 is 5.97 Å². The van der Waals surface area contributed by atoms with Crippen LogP contribution in [0, 0.1) is 17.3 Å². The molecule has 0 aromatic rings. The van der Waals surface area contributed by atoms with Crippen LogP contribution in [0.25, 0.3) is 0 Å². The van der Waals surface area contributed by atoms with Gasteiger partial charge in [0, 0.05) is 18.9 Å². The molecule has 1 aliphatic rings. The molecular weight excluding hydrogens is 232 g/mol. The molecule has 0 bridgehead atoms. The van der Waals surface area contributed by atoms with Gasteiger partial charge in [-0.15, -0.1) is 0 Å². The van der Waals surface area contributed by atoms with Crippen LogP contribution in [-0.2, 0) is 9.53 Å². The molecule has 0 fully saturated rings. The maximum Gasteiger partial charge on any atom is 0.303 e. The maximum atomic E-state index is 10.7. The van der Waals surface area contributed by atoms with Crippen molar-refractivity contribution < 1.29 is 19.7 Å². The van der Waals surface area contributed by atoms with E-state index in [1.807, 2.05) is 26.0 Å². The van der Waals surface area contributed by atoms with Crippen LogP contribution in [0.2, 0.25) is 0 Å². The topological polar surface area (TPSA) is 66.8 Å². The molecule has 0 amide bonds. The molecule has 1 rings (SSSR count). The third kappa shape index (κ3) is 3.13. The Morgan fingerprint density at radius 2 is 2.33 bits per heavy atom. The van der Waals surface area contributed by atoms with Gasteiger partial charge in [-0.2, -0.15) is 0 Å². The molecule has 4 nitrogen and oxygen atoms in total. The van der Waals surface area contributed by atoms with Gasteiger partial charge in [-0.25, -0.2) is 0 Å². The van der Waals surface area contributed by atoms with Crippen LogP contribution >= 0.6 is 0 Å². The largest absolute Gasteiger partial charge is 0.494 e. The van der Waals surface area contributed by atoms with E-state index < -0.39 is 5.97 Å². The van der Waals surface area contributed by atoms with Crippen molar-refractivity contribution >= 4 is 5.97 Å². The maximum absolute atomic E-state index is 10.7. The lowest BCUT2D eigenvalue weighted by Gasteiger charge is -2.37. The van der Waals surface area contributed by atoms with Gasteiger partial charge in [0.1, 0.15) is 6.10 Å². The highest BCUT2D eigenvalue weighted by Gasteiger charge is 2.44. The molecule has 0 aromatic carbocycles. The van der Waals surface area contributed by atoms with Crippen LogP contribution in [0.4, 0.5) is 0 Å². The summed E-state index contributed by atoms with van der Waals surface area (Å²) >= 11 is 0. The van der Waals surface area contributed by atoms with E-state index >= 15 is 0 Å². The second-order valence-electron chi connectivity index (χ2n) is 5.21. The second kappa shape index (κ2) is 6.05. The van der Waals surface area contributed by atoms with Crippen LogP contribution < -0.4 is 0 Å².